The quantitative estimate of drug-likeness (QED) is 0.448. The van der Waals surface area contributed by atoms with E-state index in [0.717, 1.165) is 0 Å². The summed E-state index contributed by atoms with van der Waals surface area (Å²) in [5.41, 5.74) is 5.22. The summed E-state index contributed by atoms with van der Waals surface area (Å²) in [4.78, 5) is 3.75. The zero-order chi connectivity index (χ0) is 8.91. The molecule has 0 fully saturated rings. The number of guanidine groups is 1. The molecule has 0 amide bonds. The van der Waals surface area contributed by atoms with Crippen LogP contribution in [0.15, 0.2) is 4.99 Å². The van der Waals surface area contributed by atoms with E-state index in [0.29, 0.717) is 12.5 Å². The number of hydrogen-bond acceptors (Lipinski definition) is 2. The van der Waals surface area contributed by atoms with Crippen LogP contribution in [-0.4, -0.2) is 32.3 Å². The Morgan fingerprint density at radius 1 is 1.64 bits per heavy atom. The molecule has 3 N–H and O–H groups in total. The minimum absolute atomic E-state index is 0.199. The number of nitrogens with one attached hydrogen (secondary N) is 1. The van der Waals surface area contributed by atoms with Crippen LogP contribution in [-0.2, 0) is 4.74 Å². The molecular formula is C7H17N3O. The van der Waals surface area contributed by atoms with Gasteiger partial charge >= 0.3 is 0 Å². The number of nitrogens with two attached hydrogens (primary N) is 1. The van der Waals surface area contributed by atoms with Gasteiger partial charge in [-0.05, 0) is 13.8 Å². The first-order valence-electron chi connectivity index (χ1n) is 3.53. The smallest absolute Gasteiger partial charge is 0.188 e. The van der Waals surface area contributed by atoms with Gasteiger partial charge in [-0.1, -0.05) is 0 Å². The van der Waals surface area contributed by atoms with E-state index in [1.165, 1.54) is 0 Å². The van der Waals surface area contributed by atoms with Crippen molar-refractivity contribution in [3.05, 3.63) is 0 Å². The first-order chi connectivity index (χ1) is 5.02. The second kappa shape index (κ2) is 4.18. The van der Waals surface area contributed by atoms with Gasteiger partial charge in [0.1, 0.15) is 0 Å². The molecule has 0 aromatic carbocycles. The average Bonchev–Trinajstić information content (AvgIpc) is 2.00. The molecule has 0 radical (unpaired) electrons. The van der Waals surface area contributed by atoms with Crippen LogP contribution in [0, 0.1) is 0 Å². The molecule has 0 aromatic rings. The molecule has 0 spiro atoms. The normalized spacial score (nSPS) is 13.3. The third kappa shape index (κ3) is 4.61. The van der Waals surface area contributed by atoms with Gasteiger partial charge in [0.25, 0.3) is 0 Å². The van der Waals surface area contributed by atoms with E-state index in [-0.39, 0.29) is 5.60 Å². The summed E-state index contributed by atoms with van der Waals surface area (Å²) in [6, 6.07) is 0. The van der Waals surface area contributed by atoms with Crippen molar-refractivity contribution in [1.29, 1.82) is 0 Å². The van der Waals surface area contributed by atoms with Gasteiger partial charge in [-0.25, -0.2) is 0 Å². The predicted molar refractivity (Wildman–Crippen MR) is 46.6 cm³/mol. The summed E-state index contributed by atoms with van der Waals surface area (Å²) < 4.78 is 5.16. The Morgan fingerprint density at radius 3 is 2.55 bits per heavy atom. The van der Waals surface area contributed by atoms with Crippen LogP contribution < -0.4 is 11.1 Å². The first-order valence-corrected chi connectivity index (χ1v) is 3.53. The van der Waals surface area contributed by atoms with Crippen LogP contribution in [0.3, 0.4) is 0 Å². The van der Waals surface area contributed by atoms with Crippen LogP contribution >= 0.6 is 0 Å². The largest absolute Gasteiger partial charge is 0.377 e. The predicted octanol–water partition coefficient (Wildman–Crippen LogP) is -0.0545. The van der Waals surface area contributed by atoms with Crippen molar-refractivity contribution in [2.24, 2.45) is 10.7 Å². The van der Waals surface area contributed by atoms with E-state index in [4.69, 9.17) is 10.5 Å². The topological polar surface area (TPSA) is 59.6 Å². The van der Waals surface area contributed by atoms with E-state index in [1.54, 1.807) is 14.2 Å². The fourth-order valence-electron chi connectivity index (χ4n) is 0.455. The zero-order valence-electron chi connectivity index (χ0n) is 7.64. The molecule has 0 heterocycles. The van der Waals surface area contributed by atoms with Gasteiger partial charge in [0.05, 0.1) is 5.60 Å². The average molecular weight is 159 g/mol. The highest BCUT2D eigenvalue weighted by Crippen LogP contribution is 2.03. The fraction of sp³-hybridized carbons (Fsp3) is 0.857. The lowest BCUT2D eigenvalue weighted by Crippen LogP contribution is -2.42. The Morgan fingerprint density at radius 2 is 2.18 bits per heavy atom. The van der Waals surface area contributed by atoms with Gasteiger partial charge in [-0.15, -0.1) is 0 Å². The number of rotatable bonds is 3. The lowest BCUT2D eigenvalue weighted by atomic mass is 10.1. The molecule has 0 saturated heterocycles. The minimum atomic E-state index is -0.199. The minimum Gasteiger partial charge on any atom is -0.377 e. The lowest BCUT2D eigenvalue weighted by molar-refractivity contribution is 0.0269. The number of hydrogen-bond donors (Lipinski definition) is 2. The van der Waals surface area contributed by atoms with Crippen molar-refractivity contribution in [2.45, 2.75) is 19.4 Å². The summed E-state index contributed by atoms with van der Waals surface area (Å²) in [5, 5.41) is 2.93. The van der Waals surface area contributed by atoms with E-state index in [1.807, 2.05) is 13.8 Å². The second-order valence-corrected chi connectivity index (χ2v) is 2.93. The maximum atomic E-state index is 5.42. The summed E-state index contributed by atoms with van der Waals surface area (Å²) in [7, 11) is 3.31. The van der Waals surface area contributed by atoms with Crippen LogP contribution in [0.25, 0.3) is 0 Å². The van der Waals surface area contributed by atoms with Gasteiger partial charge in [-0.2, -0.15) is 0 Å². The van der Waals surface area contributed by atoms with Crippen molar-refractivity contribution >= 4 is 5.96 Å². The van der Waals surface area contributed by atoms with Gasteiger partial charge < -0.3 is 15.8 Å². The molecule has 0 rings (SSSR count). The number of methoxy groups -OCH3 is 1. The highest BCUT2D eigenvalue weighted by Gasteiger charge is 2.15. The SMILES string of the molecule is CN=C(N)NCC(C)(C)OC. The molecule has 11 heavy (non-hydrogen) atoms. The van der Waals surface area contributed by atoms with Crippen molar-refractivity contribution in [2.75, 3.05) is 20.7 Å². The van der Waals surface area contributed by atoms with Crippen LogP contribution in [0.1, 0.15) is 13.8 Å². The Labute approximate surface area is 67.8 Å². The molecule has 4 nitrogen and oxygen atoms in total. The van der Waals surface area contributed by atoms with Crippen LogP contribution in [0.5, 0.6) is 0 Å². The molecule has 0 unspecified atom stereocenters. The van der Waals surface area contributed by atoms with Gasteiger partial charge in [0, 0.05) is 20.7 Å². The first kappa shape index (κ1) is 10.2. The maximum Gasteiger partial charge on any atom is 0.188 e. The van der Waals surface area contributed by atoms with Gasteiger partial charge in [0.15, 0.2) is 5.96 Å². The zero-order valence-corrected chi connectivity index (χ0v) is 7.64. The Bertz CT molecular complexity index is 143. The standard InChI is InChI=1S/C7H17N3O/c1-7(2,11-4)5-10-6(8)9-3/h5H2,1-4H3,(H3,8,9,10). The molecule has 0 atom stereocenters. The van der Waals surface area contributed by atoms with E-state index < -0.39 is 0 Å². The van der Waals surface area contributed by atoms with Crippen LogP contribution in [0.4, 0.5) is 0 Å². The summed E-state index contributed by atoms with van der Waals surface area (Å²) in [6.45, 7) is 4.61. The van der Waals surface area contributed by atoms with Crippen molar-refractivity contribution < 1.29 is 4.74 Å². The molecule has 0 saturated carbocycles. The molecule has 0 aromatic heterocycles. The fourth-order valence-corrected chi connectivity index (χ4v) is 0.455. The third-order valence-electron chi connectivity index (χ3n) is 1.49. The van der Waals surface area contributed by atoms with Crippen molar-refractivity contribution in [1.82, 2.24) is 5.32 Å². The lowest BCUT2D eigenvalue weighted by Gasteiger charge is -2.23. The Hall–Kier alpha value is -0.770. The molecule has 0 bridgehead atoms. The van der Waals surface area contributed by atoms with Gasteiger partial charge in [-0.3, -0.25) is 4.99 Å². The maximum absolute atomic E-state index is 5.42. The third-order valence-corrected chi connectivity index (χ3v) is 1.49. The summed E-state index contributed by atoms with van der Waals surface area (Å²) >= 11 is 0. The monoisotopic (exact) mass is 159 g/mol. The highest BCUT2D eigenvalue weighted by molar-refractivity contribution is 5.77. The molecular weight excluding hydrogens is 142 g/mol. The molecule has 66 valence electrons. The number of ether oxygens (including phenoxy) is 1. The van der Waals surface area contributed by atoms with Crippen molar-refractivity contribution in [3.63, 3.8) is 0 Å². The Balaban J connectivity index is 3.70. The molecule has 4 heteroatoms. The molecule has 0 aliphatic heterocycles. The van der Waals surface area contributed by atoms with E-state index in [9.17, 15) is 0 Å². The summed E-state index contributed by atoms with van der Waals surface area (Å²) in [5.74, 6) is 0.440. The molecule has 0 aliphatic rings. The van der Waals surface area contributed by atoms with Crippen molar-refractivity contribution in [3.8, 4) is 0 Å². The number of nitrogens with zero attached hydrogens (tertiary/aromatic N) is 1. The summed E-state index contributed by atoms with van der Waals surface area (Å²) in [6.07, 6.45) is 0. The molecule has 0 aliphatic carbocycles. The van der Waals surface area contributed by atoms with E-state index >= 15 is 0 Å². The van der Waals surface area contributed by atoms with E-state index in [2.05, 4.69) is 10.3 Å². The van der Waals surface area contributed by atoms with Crippen LogP contribution in [0.2, 0.25) is 0 Å². The highest BCUT2D eigenvalue weighted by atomic mass is 16.5. The second-order valence-electron chi connectivity index (χ2n) is 2.93. The Kier molecular flexibility index (Phi) is 3.89. The number of aliphatic imine (C=N–C) groups is 1. The van der Waals surface area contributed by atoms with Gasteiger partial charge in [0.2, 0.25) is 0 Å².